The van der Waals surface area contributed by atoms with Gasteiger partial charge in [-0.3, -0.25) is 9.59 Å². The summed E-state index contributed by atoms with van der Waals surface area (Å²) >= 11 is 12.2. The highest BCUT2D eigenvalue weighted by atomic mass is 35.5. The molecule has 0 fully saturated rings. The first kappa shape index (κ1) is 22.8. The third kappa shape index (κ3) is 4.87. The van der Waals surface area contributed by atoms with E-state index >= 15 is 0 Å². The summed E-state index contributed by atoms with van der Waals surface area (Å²) in [7, 11) is 0. The van der Waals surface area contributed by atoms with Crippen LogP contribution in [0.15, 0.2) is 69.9 Å². The third-order valence-corrected chi connectivity index (χ3v) is 5.67. The lowest BCUT2D eigenvalue weighted by molar-refractivity contribution is -0.122. The van der Waals surface area contributed by atoms with Crippen LogP contribution >= 0.6 is 23.2 Å². The highest BCUT2D eigenvalue weighted by molar-refractivity contribution is 6.32. The van der Waals surface area contributed by atoms with Gasteiger partial charge in [0.2, 0.25) is 11.2 Å². The average molecular weight is 486 g/mol. The number of carbonyl (C=O) groups excluding carboxylic acids is 1. The summed E-state index contributed by atoms with van der Waals surface area (Å²) in [4.78, 5) is 26.0. The number of nitrogens with one attached hydrogen (secondary N) is 1. The molecule has 1 heterocycles. The van der Waals surface area contributed by atoms with Gasteiger partial charge in [0.25, 0.3) is 5.91 Å². The van der Waals surface area contributed by atoms with Crippen LogP contribution in [0.25, 0.3) is 22.3 Å². The first-order valence-electron chi connectivity index (χ1n) is 9.99. The number of aryl methyl sites for hydroxylation is 1. The zero-order chi connectivity index (χ0) is 23.7. The highest BCUT2D eigenvalue weighted by Gasteiger charge is 2.23. The van der Waals surface area contributed by atoms with Crippen molar-refractivity contribution in [3.63, 3.8) is 0 Å². The summed E-state index contributed by atoms with van der Waals surface area (Å²) < 4.78 is 25.0. The van der Waals surface area contributed by atoms with Gasteiger partial charge in [-0.25, -0.2) is 4.39 Å². The van der Waals surface area contributed by atoms with E-state index < -0.39 is 23.3 Å². The van der Waals surface area contributed by atoms with Crippen LogP contribution in [-0.2, 0) is 4.79 Å². The quantitative estimate of drug-likeness (QED) is 0.344. The Kier molecular flexibility index (Phi) is 6.40. The van der Waals surface area contributed by atoms with E-state index in [1.54, 1.807) is 37.3 Å². The van der Waals surface area contributed by atoms with Gasteiger partial charge in [0.05, 0.1) is 5.39 Å². The van der Waals surface area contributed by atoms with E-state index in [1.807, 2.05) is 0 Å². The Balaban J connectivity index is 1.76. The number of hydrogen-bond donors (Lipinski definition) is 1. The minimum absolute atomic E-state index is 0.133. The van der Waals surface area contributed by atoms with Gasteiger partial charge in [0, 0.05) is 21.3 Å². The molecule has 33 heavy (non-hydrogen) atoms. The zero-order valence-electron chi connectivity index (χ0n) is 17.6. The van der Waals surface area contributed by atoms with Crippen molar-refractivity contribution in [3.05, 3.63) is 92.3 Å². The summed E-state index contributed by atoms with van der Waals surface area (Å²) in [6.07, 6.45) is -1.07. The Hall–Kier alpha value is -3.35. The van der Waals surface area contributed by atoms with Gasteiger partial charge in [-0.05, 0) is 80.1 Å². The largest absolute Gasteiger partial charge is 0.473 e. The number of anilines is 1. The first-order valence-corrected chi connectivity index (χ1v) is 10.7. The van der Waals surface area contributed by atoms with Crippen molar-refractivity contribution in [1.29, 1.82) is 0 Å². The fraction of sp³-hybridized carbons (Fsp3) is 0.120. The number of fused-ring (bicyclic) bond motifs is 1. The molecule has 168 valence electrons. The second-order valence-electron chi connectivity index (χ2n) is 7.45. The third-order valence-electron chi connectivity index (χ3n) is 5.01. The second-order valence-corrected chi connectivity index (χ2v) is 8.29. The summed E-state index contributed by atoms with van der Waals surface area (Å²) in [5, 5.41) is 3.77. The van der Waals surface area contributed by atoms with Crippen molar-refractivity contribution < 1.29 is 18.3 Å². The molecule has 1 N–H and O–H groups in total. The molecule has 0 spiro atoms. The van der Waals surface area contributed by atoms with E-state index in [-0.39, 0.29) is 16.9 Å². The maximum Gasteiger partial charge on any atom is 0.265 e. The van der Waals surface area contributed by atoms with Gasteiger partial charge in [-0.1, -0.05) is 23.2 Å². The van der Waals surface area contributed by atoms with Crippen molar-refractivity contribution in [2.45, 2.75) is 20.0 Å². The monoisotopic (exact) mass is 485 g/mol. The van der Waals surface area contributed by atoms with Crippen LogP contribution in [0.1, 0.15) is 12.5 Å². The standard InChI is InChI=1S/C25H18Cl2FNO4/c1-13-11-21-19(12-20(13)27)22(30)24(23(33-21)15-3-5-16(26)6-4-15)32-14(2)25(31)29-18-9-7-17(28)8-10-18/h3-12,14H,1-2H3,(H,29,31). The maximum absolute atomic E-state index is 13.4. The molecular formula is C25H18Cl2FNO4. The van der Waals surface area contributed by atoms with Gasteiger partial charge in [0.1, 0.15) is 11.4 Å². The Labute approximate surface area is 198 Å². The minimum Gasteiger partial charge on any atom is -0.473 e. The van der Waals surface area contributed by atoms with Gasteiger partial charge >= 0.3 is 0 Å². The zero-order valence-corrected chi connectivity index (χ0v) is 19.1. The van der Waals surface area contributed by atoms with Crippen LogP contribution in [0, 0.1) is 12.7 Å². The minimum atomic E-state index is -1.07. The summed E-state index contributed by atoms with van der Waals surface area (Å²) in [6.45, 7) is 3.30. The van der Waals surface area contributed by atoms with Gasteiger partial charge in [-0.2, -0.15) is 0 Å². The molecule has 1 aromatic heterocycles. The Morgan fingerprint density at radius 2 is 1.73 bits per heavy atom. The smallest absolute Gasteiger partial charge is 0.265 e. The van der Waals surface area contributed by atoms with Crippen molar-refractivity contribution in [2.75, 3.05) is 5.32 Å². The number of rotatable bonds is 5. The number of halogens is 3. The molecule has 0 saturated carbocycles. The lowest BCUT2D eigenvalue weighted by Crippen LogP contribution is -2.31. The topological polar surface area (TPSA) is 68.5 Å². The number of benzene rings is 3. The lowest BCUT2D eigenvalue weighted by Gasteiger charge is -2.17. The van der Waals surface area contributed by atoms with E-state index in [1.165, 1.54) is 37.3 Å². The number of ether oxygens (including phenoxy) is 1. The van der Waals surface area contributed by atoms with Crippen LogP contribution in [0.3, 0.4) is 0 Å². The summed E-state index contributed by atoms with van der Waals surface area (Å²) in [5.41, 5.74) is 1.55. The Morgan fingerprint density at radius 3 is 2.39 bits per heavy atom. The van der Waals surface area contributed by atoms with Crippen molar-refractivity contribution >= 4 is 45.8 Å². The van der Waals surface area contributed by atoms with Crippen LogP contribution < -0.4 is 15.5 Å². The molecule has 8 heteroatoms. The molecule has 0 aliphatic carbocycles. The van der Waals surface area contributed by atoms with Gasteiger partial charge < -0.3 is 14.5 Å². The first-order chi connectivity index (χ1) is 15.7. The number of carbonyl (C=O) groups is 1. The molecule has 4 rings (SSSR count). The predicted molar refractivity (Wildman–Crippen MR) is 128 cm³/mol. The fourth-order valence-corrected chi connectivity index (χ4v) is 3.49. The van der Waals surface area contributed by atoms with E-state index in [2.05, 4.69) is 5.32 Å². The van der Waals surface area contributed by atoms with Crippen molar-refractivity contribution in [3.8, 4) is 17.1 Å². The average Bonchev–Trinajstić information content (AvgIpc) is 2.79. The SMILES string of the molecule is Cc1cc2oc(-c3ccc(Cl)cc3)c(OC(C)C(=O)Nc3ccc(F)cc3)c(=O)c2cc1Cl. The van der Waals surface area contributed by atoms with Crippen LogP contribution in [0.5, 0.6) is 5.75 Å². The summed E-state index contributed by atoms with van der Waals surface area (Å²) in [5.74, 6) is -0.920. The molecule has 0 bridgehead atoms. The lowest BCUT2D eigenvalue weighted by atomic mass is 10.1. The Bertz CT molecular complexity index is 1400. The molecule has 4 aromatic rings. The summed E-state index contributed by atoms with van der Waals surface area (Å²) in [6, 6.07) is 15.2. The van der Waals surface area contributed by atoms with E-state index in [0.29, 0.717) is 26.9 Å². The van der Waals surface area contributed by atoms with Crippen LogP contribution in [0.4, 0.5) is 10.1 Å². The molecule has 1 atom stereocenters. The molecule has 0 aliphatic heterocycles. The van der Waals surface area contributed by atoms with E-state index in [4.69, 9.17) is 32.4 Å². The molecule has 1 unspecified atom stereocenters. The highest BCUT2D eigenvalue weighted by Crippen LogP contribution is 2.34. The number of hydrogen-bond acceptors (Lipinski definition) is 4. The predicted octanol–water partition coefficient (Wildman–Crippen LogP) is 6.62. The van der Waals surface area contributed by atoms with Crippen LogP contribution in [-0.4, -0.2) is 12.0 Å². The molecule has 3 aromatic carbocycles. The van der Waals surface area contributed by atoms with Gasteiger partial charge in [-0.15, -0.1) is 0 Å². The number of amides is 1. The van der Waals surface area contributed by atoms with Crippen molar-refractivity contribution in [2.24, 2.45) is 0 Å². The molecule has 0 saturated heterocycles. The van der Waals surface area contributed by atoms with E-state index in [0.717, 1.165) is 5.56 Å². The van der Waals surface area contributed by atoms with Crippen LogP contribution in [0.2, 0.25) is 10.0 Å². The Morgan fingerprint density at radius 1 is 1.06 bits per heavy atom. The molecular weight excluding hydrogens is 468 g/mol. The molecule has 1 amide bonds. The fourth-order valence-electron chi connectivity index (χ4n) is 3.20. The van der Waals surface area contributed by atoms with Gasteiger partial charge in [0.15, 0.2) is 11.9 Å². The van der Waals surface area contributed by atoms with Crippen molar-refractivity contribution in [1.82, 2.24) is 0 Å². The maximum atomic E-state index is 13.4. The second kappa shape index (κ2) is 9.25. The molecule has 0 aliphatic rings. The normalized spacial score (nSPS) is 11.9. The molecule has 0 radical (unpaired) electrons. The van der Waals surface area contributed by atoms with E-state index in [9.17, 15) is 14.0 Å². The molecule has 5 nitrogen and oxygen atoms in total.